The molecule has 76 valence electrons. The van der Waals surface area contributed by atoms with Crippen molar-refractivity contribution in [2.45, 2.75) is 0 Å². The van der Waals surface area contributed by atoms with Crippen LogP contribution in [0.1, 0.15) is 10.4 Å². The molecule has 0 saturated carbocycles. The summed E-state index contributed by atoms with van der Waals surface area (Å²) in [4.78, 5) is 22.5. The van der Waals surface area contributed by atoms with E-state index in [-0.39, 0.29) is 5.78 Å². The highest BCUT2D eigenvalue weighted by molar-refractivity contribution is 6.05. The van der Waals surface area contributed by atoms with Gasteiger partial charge in [0.05, 0.1) is 5.52 Å². The summed E-state index contributed by atoms with van der Waals surface area (Å²) in [7, 11) is 1.61. The largest absolute Gasteiger partial charge is 0.419 e. The molecular weight excluding hydrogens is 194 g/mol. The second kappa shape index (κ2) is 3.24. The van der Waals surface area contributed by atoms with Gasteiger partial charge in [0.15, 0.2) is 11.4 Å². The molecule has 0 aliphatic carbocycles. The molecular formula is C11H9NO3. The van der Waals surface area contributed by atoms with Crippen molar-refractivity contribution in [2.24, 2.45) is 7.05 Å². The number of carbonyl (C=O) groups excluding carboxylic acids is 1. The Kier molecular flexibility index (Phi) is 2.04. The van der Waals surface area contributed by atoms with E-state index in [9.17, 15) is 9.59 Å². The van der Waals surface area contributed by atoms with E-state index in [4.69, 9.17) is 4.42 Å². The minimum atomic E-state index is -0.437. The maximum absolute atomic E-state index is 11.3. The number of benzene rings is 1. The molecule has 1 aromatic heterocycles. The number of ketones is 1. The first-order chi connectivity index (χ1) is 7.13. The van der Waals surface area contributed by atoms with Crippen molar-refractivity contribution in [2.75, 3.05) is 0 Å². The zero-order valence-corrected chi connectivity index (χ0v) is 8.19. The standard InChI is InChI=1S/C11H9NO3/c1-3-9(13)7-4-5-8-10(6-7)15-11(14)12(8)2/h3-6H,1H2,2H3. The lowest BCUT2D eigenvalue weighted by atomic mass is 10.1. The van der Waals surface area contributed by atoms with Gasteiger partial charge in [-0.05, 0) is 24.3 Å². The van der Waals surface area contributed by atoms with E-state index >= 15 is 0 Å². The Labute approximate surface area is 85.4 Å². The van der Waals surface area contributed by atoms with Crippen molar-refractivity contribution in [3.63, 3.8) is 0 Å². The van der Waals surface area contributed by atoms with Crippen LogP contribution in [-0.2, 0) is 7.05 Å². The van der Waals surface area contributed by atoms with Crippen molar-refractivity contribution in [1.82, 2.24) is 4.57 Å². The van der Waals surface area contributed by atoms with Gasteiger partial charge in [-0.2, -0.15) is 0 Å². The number of nitrogens with zero attached hydrogens (tertiary/aromatic N) is 1. The molecule has 0 bridgehead atoms. The third-order valence-corrected chi connectivity index (χ3v) is 2.26. The lowest BCUT2D eigenvalue weighted by molar-refractivity contribution is 0.104. The summed E-state index contributed by atoms with van der Waals surface area (Å²) in [5.41, 5.74) is 1.54. The highest BCUT2D eigenvalue weighted by Gasteiger charge is 2.08. The molecule has 0 saturated heterocycles. The fourth-order valence-electron chi connectivity index (χ4n) is 1.40. The first-order valence-electron chi connectivity index (χ1n) is 4.40. The zero-order chi connectivity index (χ0) is 11.0. The van der Waals surface area contributed by atoms with Gasteiger partial charge in [0, 0.05) is 12.6 Å². The fraction of sp³-hybridized carbons (Fsp3) is 0.0909. The van der Waals surface area contributed by atoms with Crippen molar-refractivity contribution in [3.05, 3.63) is 47.0 Å². The molecule has 4 nitrogen and oxygen atoms in total. The Bertz CT molecular complexity index is 604. The SMILES string of the molecule is C=CC(=O)c1ccc2c(c1)oc(=O)n2C. The Morgan fingerprint density at radius 2 is 2.27 bits per heavy atom. The number of oxazole rings is 1. The molecule has 0 aliphatic rings. The van der Waals surface area contributed by atoms with Gasteiger partial charge >= 0.3 is 5.76 Å². The lowest BCUT2D eigenvalue weighted by Gasteiger charge is -1.95. The van der Waals surface area contributed by atoms with E-state index in [2.05, 4.69) is 6.58 Å². The van der Waals surface area contributed by atoms with Crippen LogP contribution in [0.15, 0.2) is 40.1 Å². The Morgan fingerprint density at radius 3 is 2.93 bits per heavy atom. The van der Waals surface area contributed by atoms with Gasteiger partial charge < -0.3 is 4.42 Å². The predicted molar refractivity (Wildman–Crippen MR) is 56.0 cm³/mol. The van der Waals surface area contributed by atoms with Gasteiger partial charge in [0.25, 0.3) is 0 Å². The first kappa shape index (κ1) is 9.45. The van der Waals surface area contributed by atoms with Crippen LogP contribution in [0.25, 0.3) is 11.1 Å². The van der Waals surface area contributed by atoms with Crippen LogP contribution >= 0.6 is 0 Å². The van der Waals surface area contributed by atoms with Crippen LogP contribution in [0, 0.1) is 0 Å². The van der Waals surface area contributed by atoms with Crippen molar-refractivity contribution in [3.8, 4) is 0 Å². The first-order valence-corrected chi connectivity index (χ1v) is 4.40. The molecule has 0 atom stereocenters. The van der Waals surface area contributed by atoms with Gasteiger partial charge in [-0.15, -0.1) is 0 Å². The predicted octanol–water partition coefficient (Wildman–Crippen LogP) is 1.50. The second-order valence-corrected chi connectivity index (χ2v) is 3.18. The second-order valence-electron chi connectivity index (χ2n) is 3.18. The summed E-state index contributed by atoms with van der Waals surface area (Å²) in [6, 6.07) is 4.86. The fourth-order valence-corrected chi connectivity index (χ4v) is 1.40. The van der Waals surface area contributed by atoms with Crippen LogP contribution in [0.5, 0.6) is 0 Å². The monoisotopic (exact) mass is 203 g/mol. The molecule has 4 heteroatoms. The number of carbonyl (C=O) groups is 1. The Morgan fingerprint density at radius 1 is 1.53 bits per heavy atom. The number of rotatable bonds is 2. The Balaban J connectivity index is 2.72. The molecule has 0 spiro atoms. The number of aromatic nitrogens is 1. The van der Waals surface area contributed by atoms with Gasteiger partial charge in [0.1, 0.15) is 0 Å². The van der Waals surface area contributed by atoms with Crippen molar-refractivity contribution in [1.29, 1.82) is 0 Å². The molecule has 0 amide bonds. The van der Waals surface area contributed by atoms with E-state index in [0.717, 1.165) is 0 Å². The van der Waals surface area contributed by atoms with Crippen LogP contribution in [0.2, 0.25) is 0 Å². The molecule has 15 heavy (non-hydrogen) atoms. The van der Waals surface area contributed by atoms with Crippen molar-refractivity contribution < 1.29 is 9.21 Å². The number of aryl methyl sites for hydroxylation is 1. The zero-order valence-electron chi connectivity index (χ0n) is 8.19. The number of hydrogen-bond donors (Lipinski definition) is 0. The van der Waals surface area contributed by atoms with Crippen LogP contribution in [-0.4, -0.2) is 10.4 Å². The van der Waals surface area contributed by atoms with Gasteiger partial charge in [-0.3, -0.25) is 9.36 Å². The third-order valence-electron chi connectivity index (χ3n) is 2.26. The average molecular weight is 203 g/mol. The molecule has 0 aliphatic heterocycles. The maximum atomic E-state index is 11.3. The quantitative estimate of drug-likeness (QED) is 0.549. The highest BCUT2D eigenvalue weighted by Crippen LogP contribution is 2.14. The molecule has 2 aromatic rings. The Hall–Kier alpha value is -2.10. The molecule has 0 fully saturated rings. The summed E-state index contributed by atoms with van der Waals surface area (Å²) in [5, 5.41) is 0. The normalized spacial score (nSPS) is 10.5. The molecule has 1 aromatic carbocycles. The maximum Gasteiger partial charge on any atom is 0.419 e. The van der Waals surface area contributed by atoms with Crippen molar-refractivity contribution >= 4 is 16.9 Å². The average Bonchev–Trinajstić information content (AvgIpc) is 2.53. The van der Waals surface area contributed by atoms with Crippen LogP contribution in [0.4, 0.5) is 0 Å². The molecule has 0 N–H and O–H groups in total. The minimum absolute atomic E-state index is 0.191. The van der Waals surface area contributed by atoms with Gasteiger partial charge in [-0.25, -0.2) is 4.79 Å². The van der Waals surface area contributed by atoms with E-state index < -0.39 is 5.76 Å². The summed E-state index contributed by atoms with van der Waals surface area (Å²) in [6.07, 6.45) is 1.22. The van der Waals surface area contributed by atoms with E-state index in [1.54, 1.807) is 25.2 Å². The van der Waals surface area contributed by atoms with Gasteiger partial charge in [0.2, 0.25) is 0 Å². The third kappa shape index (κ3) is 1.40. The smallest absolute Gasteiger partial charge is 0.408 e. The molecule has 2 rings (SSSR count). The van der Waals surface area contributed by atoms with Crippen LogP contribution < -0.4 is 5.76 Å². The van der Waals surface area contributed by atoms with E-state index in [1.807, 2.05) is 0 Å². The van der Waals surface area contributed by atoms with Crippen LogP contribution in [0.3, 0.4) is 0 Å². The van der Waals surface area contributed by atoms with E-state index in [1.165, 1.54) is 10.6 Å². The summed E-state index contributed by atoms with van der Waals surface area (Å²) in [5.74, 6) is -0.628. The number of allylic oxidation sites excluding steroid dienone is 1. The van der Waals surface area contributed by atoms with E-state index in [0.29, 0.717) is 16.7 Å². The summed E-state index contributed by atoms with van der Waals surface area (Å²) < 4.78 is 6.34. The number of hydrogen-bond acceptors (Lipinski definition) is 3. The summed E-state index contributed by atoms with van der Waals surface area (Å²) in [6.45, 7) is 3.39. The topological polar surface area (TPSA) is 52.2 Å². The minimum Gasteiger partial charge on any atom is -0.408 e. The lowest BCUT2D eigenvalue weighted by Crippen LogP contribution is -2.08. The molecule has 1 heterocycles. The summed E-state index contributed by atoms with van der Waals surface area (Å²) >= 11 is 0. The molecule has 0 unspecified atom stereocenters. The highest BCUT2D eigenvalue weighted by atomic mass is 16.4. The number of fused-ring (bicyclic) bond motifs is 1. The molecule has 0 radical (unpaired) electrons. The van der Waals surface area contributed by atoms with Gasteiger partial charge in [-0.1, -0.05) is 6.58 Å².